The maximum absolute atomic E-state index is 12.3. The van der Waals surface area contributed by atoms with E-state index in [1.54, 1.807) is 0 Å². The molecule has 5 heteroatoms. The van der Waals surface area contributed by atoms with Crippen molar-refractivity contribution in [3.63, 3.8) is 0 Å². The van der Waals surface area contributed by atoms with E-state index in [1.807, 2.05) is 26.0 Å². The van der Waals surface area contributed by atoms with Crippen molar-refractivity contribution in [3.8, 4) is 11.8 Å². The number of thiophene rings is 1. The van der Waals surface area contributed by atoms with Crippen LogP contribution in [0.3, 0.4) is 0 Å². The summed E-state index contributed by atoms with van der Waals surface area (Å²) in [7, 11) is 0. The number of rotatable bonds is 3. The molecule has 1 aromatic heterocycles. The molecule has 1 aliphatic heterocycles. The second-order valence-electron chi connectivity index (χ2n) is 5.37. The van der Waals surface area contributed by atoms with Gasteiger partial charge in [-0.25, -0.2) is 0 Å². The van der Waals surface area contributed by atoms with Crippen molar-refractivity contribution in [2.45, 2.75) is 39.5 Å². The van der Waals surface area contributed by atoms with E-state index < -0.39 is 0 Å². The lowest BCUT2D eigenvalue weighted by atomic mass is 9.89. The first-order valence-corrected chi connectivity index (χ1v) is 7.96. The first-order chi connectivity index (χ1) is 10.0. The van der Waals surface area contributed by atoms with Gasteiger partial charge in [-0.2, -0.15) is 0 Å². The first-order valence-electron chi connectivity index (χ1n) is 7.14. The van der Waals surface area contributed by atoms with E-state index in [1.165, 1.54) is 11.3 Å². The van der Waals surface area contributed by atoms with Gasteiger partial charge in [-0.3, -0.25) is 4.79 Å². The van der Waals surface area contributed by atoms with Gasteiger partial charge in [0.1, 0.15) is 6.61 Å². The van der Waals surface area contributed by atoms with Crippen molar-refractivity contribution in [3.05, 3.63) is 21.9 Å². The average molecular weight is 307 g/mol. The normalized spacial score (nSPS) is 28.0. The van der Waals surface area contributed by atoms with Crippen LogP contribution in [-0.2, 0) is 16.1 Å². The quantitative estimate of drug-likeness (QED) is 0.837. The first kappa shape index (κ1) is 16.0. The lowest BCUT2D eigenvalue weighted by Gasteiger charge is -2.17. The third-order valence-corrected chi connectivity index (χ3v) is 4.93. The van der Waals surface area contributed by atoms with Crippen molar-refractivity contribution < 1.29 is 14.6 Å². The maximum Gasteiger partial charge on any atom is 0.226 e. The Labute approximate surface area is 129 Å². The van der Waals surface area contributed by atoms with Crippen LogP contribution >= 0.6 is 11.3 Å². The number of aliphatic hydroxyl groups excluding tert-OH is 1. The summed E-state index contributed by atoms with van der Waals surface area (Å²) in [5, 5.41) is 11.7. The summed E-state index contributed by atoms with van der Waals surface area (Å²) in [5.74, 6) is 5.67. The van der Waals surface area contributed by atoms with Crippen LogP contribution < -0.4 is 5.32 Å². The SMILES string of the molecule is CC1OC(C)C(C(=O)NCc2ccc(C#CCO)s2)C1C. The van der Waals surface area contributed by atoms with Crippen LogP contribution in [-0.4, -0.2) is 29.8 Å². The van der Waals surface area contributed by atoms with Crippen LogP contribution in [0.15, 0.2) is 12.1 Å². The molecule has 2 heterocycles. The molecule has 1 aromatic rings. The highest BCUT2D eigenvalue weighted by Crippen LogP contribution is 2.32. The van der Waals surface area contributed by atoms with Gasteiger partial charge >= 0.3 is 0 Å². The summed E-state index contributed by atoms with van der Waals surface area (Å²) in [6.45, 7) is 6.40. The minimum Gasteiger partial charge on any atom is -0.384 e. The molecule has 2 rings (SSSR count). The van der Waals surface area contributed by atoms with Crippen molar-refractivity contribution in [1.82, 2.24) is 5.32 Å². The van der Waals surface area contributed by atoms with Crippen molar-refractivity contribution >= 4 is 17.2 Å². The predicted molar refractivity (Wildman–Crippen MR) is 82.8 cm³/mol. The molecular formula is C16H21NO3S. The summed E-state index contributed by atoms with van der Waals surface area (Å²) in [6, 6.07) is 3.85. The van der Waals surface area contributed by atoms with Gasteiger partial charge in [0.05, 0.1) is 29.5 Å². The number of amides is 1. The Hall–Kier alpha value is -1.35. The summed E-state index contributed by atoms with van der Waals surface area (Å²) in [6.07, 6.45) is 0.0853. The Bertz CT molecular complexity index is 557. The van der Waals surface area contributed by atoms with Crippen molar-refractivity contribution in [2.24, 2.45) is 11.8 Å². The molecule has 0 aromatic carbocycles. The van der Waals surface area contributed by atoms with E-state index in [2.05, 4.69) is 24.1 Å². The standard InChI is InChI=1S/C16H21NO3S/c1-10-11(2)20-12(3)15(10)16(19)17-9-14-7-6-13(21-14)5-4-8-18/h6-7,10-12,15,18H,8-9H2,1-3H3,(H,17,19). The zero-order valence-corrected chi connectivity index (χ0v) is 13.4. The number of ether oxygens (including phenoxy) is 1. The Kier molecular flexibility index (Phi) is 5.40. The summed E-state index contributed by atoms with van der Waals surface area (Å²) in [4.78, 5) is 14.3. The predicted octanol–water partition coefficient (Wildman–Crippen LogP) is 1.77. The van der Waals surface area contributed by atoms with Gasteiger partial charge in [0, 0.05) is 4.88 Å². The molecule has 21 heavy (non-hydrogen) atoms. The van der Waals surface area contributed by atoms with E-state index in [0.717, 1.165) is 9.75 Å². The van der Waals surface area contributed by atoms with Crippen molar-refractivity contribution in [2.75, 3.05) is 6.61 Å². The fourth-order valence-electron chi connectivity index (χ4n) is 2.68. The topological polar surface area (TPSA) is 58.6 Å². The molecule has 1 amide bonds. The molecule has 1 aliphatic rings. The molecule has 4 nitrogen and oxygen atoms in total. The van der Waals surface area contributed by atoms with Crippen LogP contribution in [0.25, 0.3) is 0 Å². The number of nitrogens with one attached hydrogen (secondary N) is 1. The molecule has 0 radical (unpaired) electrons. The molecule has 0 bridgehead atoms. The third kappa shape index (κ3) is 3.85. The number of aliphatic hydroxyl groups is 1. The third-order valence-electron chi connectivity index (χ3n) is 3.93. The Morgan fingerprint density at radius 3 is 2.76 bits per heavy atom. The van der Waals surface area contributed by atoms with Crippen LogP contribution in [0.1, 0.15) is 30.5 Å². The van der Waals surface area contributed by atoms with Crippen LogP contribution in [0.4, 0.5) is 0 Å². The fraction of sp³-hybridized carbons (Fsp3) is 0.562. The second-order valence-corrected chi connectivity index (χ2v) is 6.54. The molecule has 1 fully saturated rings. The Morgan fingerprint density at radius 2 is 2.14 bits per heavy atom. The molecule has 0 saturated carbocycles. The number of hydrogen-bond donors (Lipinski definition) is 2. The van der Waals surface area contributed by atoms with E-state index in [-0.39, 0.29) is 36.6 Å². The van der Waals surface area contributed by atoms with Gasteiger partial charge in [0.15, 0.2) is 0 Å². The highest BCUT2D eigenvalue weighted by atomic mass is 32.1. The van der Waals surface area contributed by atoms with Crippen molar-refractivity contribution in [1.29, 1.82) is 0 Å². The largest absolute Gasteiger partial charge is 0.384 e. The summed E-state index contributed by atoms with van der Waals surface area (Å²) < 4.78 is 5.71. The number of carbonyl (C=O) groups is 1. The summed E-state index contributed by atoms with van der Waals surface area (Å²) in [5.41, 5.74) is 0. The van der Waals surface area contributed by atoms with Gasteiger partial charge in [0.2, 0.25) is 5.91 Å². The van der Waals surface area contributed by atoms with E-state index in [0.29, 0.717) is 6.54 Å². The van der Waals surface area contributed by atoms with Gasteiger partial charge in [-0.15, -0.1) is 11.3 Å². The molecule has 1 saturated heterocycles. The minimum absolute atomic E-state index is 0.0377. The maximum atomic E-state index is 12.3. The Morgan fingerprint density at radius 1 is 1.38 bits per heavy atom. The second kappa shape index (κ2) is 7.08. The molecule has 4 atom stereocenters. The monoisotopic (exact) mass is 307 g/mol. The Balaban J connectivity index is 1.91. The molecular weight excluding hydrogens is 286 g/mol. The number of hydrogen-bond acceptors (Lipinski definition) is 4. The van der Waals surface area contributed by atoms with E-state index in [9.17, 15) is 4.79 Å². The van der Waals surface area contributed by atoms with E-state index in [4.69, 9.17) is 9.84 Å². The number of carbonyl (C=O) groups excluding carboxylic acids is 1. The molecule has 114 valence electrons. The van der Waals surface area contributed by atoms with Gasteiger partial charge in [-0.1, -0.05) is 18.8 Å². The van der Waals surface area contributed by atoms with Crippen LogP contribution in [0.5, 0.6) is 0 Å². The fourth-order valence-corrected chi connectivity index (χ4v) is 3.50. The van der Waals surface area contributed by atoms with Gasteiger partial charge in [0.25, 0.3) is 0 Å². The molecule has 4 unspecified atom stereocenters. The molecule has 2 N–H and O–H groups in total. The van der Waals surface area contributed by atoms with Gasteiger partial charge in [-0.05, 0) is 31.9 Å². The molecule has 0 aliphatic carbocycles. The van der Waals surface area contributed by atoms with Crippen LogP contribution in [0.2, 0.25) is 0 Å². The lowest BCUT2D eigenvalue weighted by molar-refractivity contribution is -0.127. The zero-order valence-electron chi connectivity index (χ0n) is 12.6. The highest BCUT2D eigenvalue weighted by Gasteiger charge is 2.41. The smallest absolute Gasteiger partial charge is 0.226 e. The lowest BCUT2D eigenvalue weighted by Crippen LogP contribution is -2.36. The molecule has 0 spiro atoms. The van der Waals surface area contributed by atoms with E-state index >= 15 is 0 Å². The highest BCUT2D eigenvalue weighted by molar-refractivity contribution is 7.12. The minimum atomic E-state index is -0.139. The summed E-state index contributed by atoms with van der Waals surface area (Å²) >= 11 is 1.53. The average Bonchev–Trinajstić information content (AvgIpc) is 2.99. The van der Waals surface area contributed by atoms with Crippen LogP contribution in [0, 0.1) is 23.7 Å². The van der Waals surface area contributed by atoms with Gasteiger partial charge < -0.3 is 15.2 Å². The zero-order chi connectivity index (χ0) is 15.4.